The maximum absolute atomic E-state index is 4.77. The van der Waals surface area contributed by atoms with Crippen molar-refractivity contribution in [3.05, 3.63) is 78.5 Å². The molecule has 0 fully saturated rings. The molecular weight excluding hydrogens is 324 g/mol. The van der Waals surface area contributed by atoms with Crippen LogP contribution in [0.1, 0.15) is 24.1 Å². The van der Waals surface area contributed by atoms with Crippen molar-refractivity contribution in [1.82, 2.24) is 29.8 Å². The Bertz CT molecular complexity index is 1210. The van der Waals surface area contributed by atoms with Gasteiger partial charge in [0.2, 0.25) is 0 Å². The highest BCUT2D eigenvalue weighted by Crippen LogP contribution is 2.27. The van der Waals surface area contributed by atoms with Gasteiger partial charge >= 0.3 is 0 Å². The molecule has 5 aromatic rings. The van der Waals surface area contributed by atoms with Crippen LogP contribution in [0.4, 0.5) is 0 Å². The molecule has 0 unspecified atom stereocenters. The summed E-state index contributed by atoms with van der Waals surface area (Å²) in [7, 11) is 0. The first-order chi connectivity index (χ1) is 12.8. The van der Waals surface area contributed by atoms with Crippen LogP contribution in [0.2, 0.25) is 0 Å². The zero-order chi connectivity index (χ0) is 17.5. The van der Waals surface area contributed by atoms with Gasteiger partial charge in [0, 0.05) is 29.3 Å². The molecule has 1 aromatic carbocycles. The van der Waals surface area contributed by atoms with Gasteiger partial charge in [0.1, 0.15) is 0 Å². The van der Waals surface area contributed by atoms with Gasteiger partial charge in [-0.2, -0.15) is 10.2 Å². The molecule has 1 atom stereocenters. The quantitative estimate of drug-likeness (QED) is 0.542. The fourth-order valence-corrected chi connectivity index (χ4v) is 3.27. The Morgan fingerprint density at radius 2 is 2.00 bits per heavy atom. The third-order valence-corrected chi connectivity index (χ3v) is 4.75. The van der Waals surface area contributed by atoms with Gasteiger partial charge in [-0.25, -0.2) is 9.50 Å². The summed E-state index contributed by atoms with van der Waals surface area (Å²) in [6.45, 7) is 2.17. The predicted octanol–water partition coefficient (Wildman–Crippen LogP) is 3.82. The number of benzene rings is 1. The topological polar surface area (TPSA) is 71.8 Å². The van der Waals surface area contributed by atoms with Gasteiger partial charge in [-0.1, -0.05) is 19.1 Å². The standard InChI is InChI=1S/C20H16N6/c1-13(14-4-5-17-15(9-14)3-2-8-21-17)19-12-22-20-7-6-18(25-26(19)20)16-10-23-24-11-16/h2-13H,1H3,(H,23,24)/t13-/m0/s1. The molecule has 26 heavy (non-hydrogen) atoms. The number of aromatic nitrogens is 6. The average molecular weight is 340 g/mol. The van der Waals surface area contributed by atoms with Crippen molar-refractivity contribution >= 4 is 16.6 Å². The van der Waals surface area contributed by atoms with Crippen molar-refractivity contribution in [2.75, 3.05) is 0 Å². The Morgan fingerprint density at radius 1 is 1.04 bits per heavy atom. The summed E-state index contributed by atoms with van der Waals surface area (Å²) < 4.78 is 1.92. The Balaban J connectivity index is 1.61. The lowest BCUT2D eigenvalue weighted by molar-refractivity contribution is 0.793. The number of H-pyrrole nitrogens is 1. The molecule has 0 spiro atoms. The molecule has 0 amide bonds. The average Bonchev–Trinajstić information content (AvgIpc) is 3.36. The molecule has 0 radical (unpaired) electrons. The molecule has 0 aliphatic carbocycles. The van der Waals surface area contributed by atoms with Gasteiger partial charge < -0.3 is 0 Å². The van der Waals surface area contributed by atoms with E-state index in [1.54, 1.807) is 6.20 Å². The highest BCUT2D eigenvalue weighted by atomic mass is 15.3. The molecule has 1 N–H and O–H groups in total. The van der Waals surface area contributed by atoms with Crippen molar-refractivity contribution in [2.45, 2.75) is 12.8 Å². The van der Waals surface area contributed by atoms with Crippen LogP contribution in [0.3, 0.4) is 0 Å². The fraction of sp³-hybridized carbons (Fsp3) is 0.100. The van der Waals surface area contributed by atoms with Crippen molar-refractivity contribution in [3.8, 4) is 11.3 Å². The molecule has 0 saturated heterocycles. The number of nitrogens with one attached hydrogen (secondary N) is 1. The Hall–Kier alpha value is -3.54. The van der Waals surface area contributed by atoms with Gasteiger partial charge in [0.05, 0.1) is 29.3 Å². The Kier molecular flexibility index (Phi) is 3.28. The molecule has 5 rings (SSSR count). The summed E-state index contributed by atoms with van der Waals surface area (Å²) in [6.07, 6.45) is 7.33. The van der Waals surface area contributed by atoms with Gasteiger partial charge in [0.25, 0.3) is 0 Å². The molecule has 0 aliphatic heterocycles. The van der Waals surface area contributed by atoms with E-state index in [0.717, 1.165) is 33.5 Å². The second-order valence-corrected chi connectivity index (χ2v) is 6.34. The largest absolute Gasteiger partial charge is 0.285 e. The first kappa shape index (κ1) is 14.8. The highest BCUT2D eigenvalue weighted by Gasteiger charge is 2.16. The minimum atomic E-state index is 0.154. The van der Waals surface area contributed by atoms with Crippen LogP contribution < -0.4 is 0 Å². The summed E-state index contributed by atoms with van der Waals surface area (Å²) in [5, 5.41) is 12.7. The van der Waals surface area contributed by atoms with Crippen LogP contribution in [0, 0.1) is 0 Å². The lowest BCUT2D eigenvalue weighted by atomic mass is 9.97. The molecule has 4 aromatic heterocycles. The van der Waals surface area contributed by atoms with Crippen molar-refractivity contribution in [3.63, 3.8) is 0 Å². The molecule has 6 nitrogen and oxygen atoms in total. The van der Waals surface area contributed by atoms with Gasteiger partial charge in [-0.15, -0.1) is 0 Å². The molecule has 0 aliphatic rings. The molecular formula is C20H16N6. The third-order valence-electron chi connectivity index (χ3n) is 4.75. The number of nitrogens with zero attached hydrogens (tertiary/aromatic N) is 5. The van der Waals surface area contributed by atoms with Crippen LogP contribution in [0.5, 0.6) is 0 Å². The number of aromatic amines is 1. The summed E-state index contributed by atoms with van der Waals surface area (Å²) in [4.78, 5) is 8.91. The summed E-state index contributed by atoms with van der Waals surface area (Å²) in [5.74, 6) is 0.154. The van der Waals surface area contributed by atoms with Crippen LogP contribution in [0.15, 0.2) is 67.3 Å². The normalized spacial score (nSPS) is 12.7. The molecule has 0 saturated carbocycles. The lowest BCUT2D eigenvalue weighted by Gasteiger charge is -2.12. The van der Waals surface area contributed by atoms with Crippen LogP contribution in [-0.4, -0.2) is 29.8 Å². The van der Waals surface area contributed by atoms with E-state index in [-0.39, 0.29) is 5.92 Å². The van der Waals surface area contributed by atoms with E-state index in [1.807, 2.05) is 41.3 Å². The fourth-order valence-electron chi connectivity index (χ4n) is 3.27. The Labute approximate surface area is 149 Å². The number of fused-ring (bicyclic) bond motifs is 2. The second kappa shape index (κ2) is 5.77. The van der Waals surface area contributed by atoms with E-state index in [9.17, 15) is 0 Å². The molecule has 6 heteroatoms. The van der Waals surface area contributed by atoms with E-state index < -0.39 is 0 Å². The summed E-state index contributed by atoms with van der Waals surface area (Å²) >= 11 is 0. The number of hydrogen-bond acceptors (Lipinski definition) is 4. The number of pyridine rings is 1. The minimum absolute atomic E-state index is 0.154. The van der Waals surface area contributed by atoms with E-state index in [0.29, 0.717) is 0 Å². The summed E-state index contributed by atoms with van der Waals surface area (Å²) in [6, 6.07) is 14.4. The molecule has 0 bridgehead atoms. The van der Waals surface area contributed by atoms with Gasteiger partial charge in [-0.05, 0) is 35.9 Å². The first-order valence-electron chi connectivity index (χ1n) is 8.48. The number of imidazole rings is 1. The van der Waals surface area contributed by atoms with Crippen molar-refractivity contribution in [1.29, 1.82) is 0 Å². The van der Waals surface area contributed by atoms with E-state index in [2.05, 4.69) is 51.4 Å². The zero-order valence-electron chi connectivity index (χ0n) is 14.2. The molecule has 4 heterocycles. The smallest absolute Gasteiger partial charge is 0.153 e. The van der Waals surface area contributed by atoms with Gasteiger partial charge in [-0.3, -0.25) is 10.1 Å². The lowest BCUT2D eigenvalue weighted by Crippen LogP contribution is -2.04. The Morgan fingerprint density at radius 3 is 2.88 bits per heavy atom. The van der Waals surface area contributed by atoms with Crippen molar-refractivity contribution in [2.24, 2.45) is 0 Å². The maximum atomic E-state index is 4.77. The highest BCUT2D eigenvalue weighted by molar-refractivity contribution is 5.79. The third kappa shape index (κ3) is 2.35. The summed E-state index contributed by atoms with van der Waals surface area (Å²) in [5.41, 5.74) is 5.91. The van der Waals surface area contributed by atoms with Gasteiger partial charge in [0.15, 0.2) is 5.65 Å². The molecule has 126 valence electrons. The number of hydrogen-bond donors (Lipinski definition) is 1. The maximum Gasteiger partial charge on any atom is 0.153 e. The predicted molar refractivity (Wildman–Crippen MR) is 99.8 cm³/mol. The number of rotatable bonds is 3. The van der Waals surface area contributed by atoms with E-state index in [1.165, 1.54) is 5.56 Å². The van der Waals surface area contributed by atoms with Crippen LogP contribution in [-0.2, 0) is 0 Å². The van der Waals surface area contributed by atoms with E-state index >= 15 is 0 Å². The van der Waals surface area contributed by atoms with Crippen molar-refractivity contribution < 1.29 is 0 Å². The van der Waals surface area contributed by atoms with E-state index in [4.69, 9.17) is 5.10 Å². The monoisotopic (exact) mass is 340 g/mol. The second-order valence-electron chi connectivity index (χ2n) is 6.34. The SMILES string of the molecule is C[C@@H](c1ccc2ncccc2c1)c1cnc2ccc(-c3cn[nH]c3)nn12. The zero-order valence-corrected chi connectivity index (χ0v) is 14.2. The van der Waals surface area contributed by atoms with Crippen LogP contribution in [0.25, 0.3) is 27.8 Å². The first-order valence-corrected chi connectivity index (χ1v) is 8.48. The minimum Gasteiger partial charge on any atom is -0.285 e. The van der Waals surface area contributed by atoms with Crippen LogP contribution >= 0.6 is 0 Å².